The largest absolute Gasteiger partial charge is 0.487 e. The van der Waals surface area contributed by atoms with Crippen molar-refractivity contribution in [2.24, 2.45) is 0 Å². The van der Waals surface area contributed by atoms with Gasteiger partial charge in [-0.25, -0.2) is 4.79 Å². The highest BCUT2D eigenvalue weighted by atomic mass is 79.9. The number of nitrogens with zero attached hydrogens (tertiary/aromatic N) is 1. The van der Waals surface area contributed by atoms with Crippen LogP contribution in [0.25, 0.3) is 6.08 Å². The Balaban J connectivity index is 1.73. The van der Waals surface area contributed by atoms with E-state index in [-0.39, 0.29) is 5.57 Å². The molecule has 34 heavy (non-hydrogen) atoms. The fourth-order valence-electron chi connectivity index (χ4n) is 2.86. The molecule has 0 bridgehead atoms. The maximum atomic E-state index is 12.6. The second-order valence-electron chi connectivity index (χ2n) is 6.92. The number of anilines is 1. The van der Waals surface area contributed by atoms with Crippen molar-refractivity contribution >= 4 is 67.1 Å². The standard InChI is InChI=1S/C25H17Br2ClN2O4/c1-33-25(32)17-4-8-20(9-5-17)30-24(31)18(13-29)10-16-11-21(26)23(22(27)12-16)34-14-15-2-6-19(28)7-3-15/h2-12H,14H2,1H3,(H,30,31)/b18-10+. The number of methoxy groups -OCH3 is 1. The van der Waals surface area contributed by atoms with Gasteiger partial charge < -0.3 is 14.8 Å². The highest BCUT2D eigenvalue weighted by Crippen LogP contribution is 2.36. The lowest BCUT2D eigenvalue weighted by atomic mass is 10.1. The zero-order valence-corrected chi connectivity index (χ0v) is 21.7. The van der Waals surface area contributed by atoms with E-state index in [9.17, 15) is 14.9 Å². The maximum absolute atomic E-state index is 12.6. The lowest BCUT2D eigenvalue weighted by Gasteiger charge is -2.12. The number of nitriles is 1. The lowest BCUT2D eigenvalue weighted by molar-refractivity contribution is -0.112. The Morgan fingerprint density at radius 1 is 1.06 bits per heavy atom. The average molecular weight is 605 g/mol. The van der Waals surface area contributed by atoms with Crippen molar-refractivity contribution in [2.45, 2.75) is 6.61 Å². The molecule has 9 heteroatoms. The Kier molecular flexibility index (Phi) is 8.88. The topological polar surface area (TPSA) is 88.4 Å². The molecule has 0 saturated heterocycles. The molecule has 0 atom stereocenters. The van der Waals surface area contributed by atoms with Crippen LogP contribution in [-0.4, -0.2) is 19.0 Å². The number of nitrogens with one attached hydrogen (secondary N) is 1. The molecule has 172 valence electrons. The van der Waals surface area contributed by atoms with Crippen LogP contribution in [0.3, 0.4) is 0 Å². The molecule has 0 unspecified atom stereocenters. The van der Waals surface area contributed by atoms with Crippen LogP contribution in [0.1, 0.15) is 21.5 Å². The molecule has 0 heterocycles. The van der Waals surface area contributed by atoms with Crippen LogP contribution >= 0.6 is 43.5 Å². The number of benzene rings is 3. The molecule has 1 N–H and O–H groups in total. The molecule has 3 rings (SSSR count). The van der Waals surface area contributed by atoms with Gasteiger partial charge in [0.1, 0.15) is 24.0 Å². The van der Waals surface area contributed by atoms with Gasteiger partial charge in [0.15, 0.2) is 0 Å². The number of halogens is 3. The van der Waals surface area contributed by atoms with Crippen LogP contribution in [0.5, 0.6) is 5.75 Å². The number of ether oxygens (including phenoxy) is 2. The van der Waals surface area contributed by atoms with E-state index in [0.29, 0.717) is 43.1 Å². The van der Waals surface area contributed by atoms with Gasteiger partial charge >= 0.3 is 5.97 Å². The molecule has 0 aliphatic carbocycles. The van der Waals surface area contributed by atoms with Gasteiger partial charge in [0.25, 0.3) is 5.91 Å². The summed E-state index contributed by atoms with van der Waals surface area (Å²) in [6.07, 6.45) is 1.47. The summed E-state index contributed by atoms with van der Waals surface area (Å²) in [4.78, 5) is 24.1. The summed E-state index contributed by atoms with van der Waals surface area (Å²) >= 11 is 12.9. The first-order chi connectivity index (χ1) is 16.3. The van der Waals surface area contributed by atoms with E-state index >= 15 is 0 Å². The molecule has 0 aromatic heterocycles. The molecule has 3 aromatic rings. The number of carbonyl (C=O) groups is 2. The minimum absolute atomic E-state index is 0.0920. The van der Waals surface area contributed by atoms with E-state index in [1.807, 2.05) is 18.2 Å². The zero-order chi connectivity index (χ0) is 24.7. The highest BCUT2D eigenvalue weighted by Gasteiger charge is 2.13. The van der Waals surface area contributed by atoms with E-state index in [0.717, 1.165) is 5.56 Å². The van der Waals surface area contributed by atoms with Crippen LogP contribution in [0.2, 0.25) is 5.02 Å². The third-order valence-electron chi connectivity index (χ3n) is 4.56. The lowest BCUT2D eigenvalue weighted by Crippen LogP contribution is -2.13. The Morgan fingerprint density at radius 3 is 2.24 bits per heavy atom. The molecule has 0 saturated carbocycles. The smallest absolute Gasteiger partial charge is 0.337 e. The van der Waals surface area contributed by atoms with E-state index < -0.39 is 11.9 Å². The molecule has 0 radical (unpaired) electrons. The third kappa shape index (κ3) is 6.70. The number of carbonyl (C=O) groups excluding carboxylic acids is 2. The molecule has 3 aromatic carbocycles. The first kappa shape index (κ1) is 25.5. The van der Waals surface area contributed by atoms with Crippen molar-refractivity contribution in [1.82, 2.24) is 0 Å². The molecule has 6 nitrogen and oxygen atoms in total. The van der Waals surface area contributed by atoms with Gasteiger partial charge in [-0.05, 0) is 97.6 Å². The van der Waals surface area contributed by atoms with Gasteiger partial charge in [-0.1, -0.05) is 23.7 Å². The van der Waals surface area contributed by atoms with Gasteiger partial charge in [-0.2, -0.15) is 5.26 Å². The number of hydrogen-bond acceptors (Lipinski definition) is 5. The summed E-state index contributed by atoms with van der Waals surface area (Å²) < 4.78 is 11.9. The molecule has 1 amide bonds. The van der Waals surface area contributed by atoms with Crippen LogP contribution in [0.15, 0.2) is 75.2 Å². The van der Waals surface area contributed by atoms with Gasteiger partial charge in [0.05, 0.1) is 21.6 Å². The van der Waals surface area contributed by atoms with E-state index in [4.69, 9.17) is 16.3 Å². The summed E-state index contributed by atoms with van der Waals surface area (Å²) in [5.41, 5.74) is 2.27. The summed E-state index contributed by atoms with van der Waals surface area (Å²) in [6.45, 7) is 0.337. The van der Waals surface area contributed by atoms with Crippen LogP contribution in [0.4, 0.5) is 5.69 Å². The summed E-state index contributed by atoms with van der Waals surface area (Å²) in [7, 11) is 1.29. The predicted octanol–water partition coefficient (Wildman–Crippen LogP) is 6.78. The SMILES string of the molecule is COC(=O)c1ccc(NC(=O)/C(C#N)=C/c2cc(Br)c(OCc3ccc(Cl)cc3)c(Br)c2)cc1. The number of amides is 1. The second-order valence-corrected chi connectivity index (χ2v) is 9.07. The Labute approximate surface area is 218 Å². The van der Waals surface area contributed by atoms with Gasteiger partial charge in [0.2, 0.25) is 0 Å². The van der Waals surface area contributed by atoms with Crippen LogP contribution < -0.4 is 10.1 Å². The molecule has 0 aliphatic rings. The minimum atomic E-state index is -0.580. The van der Waals surface area contributed by atoms with E-state index in [1.54, 1.807) is 36.4 Å². The normalized spacial score (nSPS) is 10.9. The first-order valence-corrected chi connectivity index (χ1v) is 11.7. The summed E-state index contributed by atoms with van der Waals surface area (Å²) in [6, 6.07) is 18.9. The monoisotopic (exact) mass is 602 g/mol. The summed E-state index contributed by atoms with van der Waals surface area (Å²) in [5, 5.41) is 12.8. The number of hydrogen-bond donors (Lipinski definition) is 1. The number of esters is 1. The average Bonchev–Trinajstić information content (AvgIpc) is 2.83. The Bertz CT molecular complexity index is 1260. The van der Waals surface area contributed by atoms with E-state index in [2.05, 4.69) is 41.9 Å². The fraction of sp³-hybridized carbons (Fsp3) is 0.0800. The highest BCUT2D eigenvalue weighted by molar-refractivity contribution is 9.11. The van der Waals surface area contributed by atoms with E-state index in [1.165, 1.54) is 25.3 Å². The second kappa shape index (κ2) is 11.8. The molecular weight excluding hydrogens is 588 g/mol. The van der Waals surface area contributed by atoms with Crippen LogP contribution in [0, 0.1) is 11.3 Å². The van der Waals surface area contributed by atoms with Crippen molar-refractivity contribution in [3.63, 3.8) is 0 Å². The molecular formula is C25H17Br2ClN2O4. The Hall–Kier alpha value is -3.12. The predicted molar refractivity (Wildman–Crippen MR) is 138 cm³/mol. The first-order valence-electron chi connectivity index (χ1n) is 9.78. The van der Waals surface area contributed by atoms with Crippen molar-refractivity contribution < 1.29 is 19.1 Å². The van der Waals surface area contributed by atoms with Crippen molar-refractivity contribution in [3.8, 4) is 11.8 Å². The third-order valence-corrected chi connectivity index (χ3v) is 5.99. The molecule has 0 fully saturated rings. The maximum Gasteiger partial charge on any atom is 0.337 e. The van der Waals surface area contributed by atoms with Crippen LogP contribution in [-0.2, 0) is 16.1 Å². The van der Waals surface area contributed by atoms with Gasteiger partial charge in [-0.15, -0.1) is 0 Å². The van der Waals surface area contributed by atoms with Gasteiger partial charge in [0, 0.05) is 10.7 Å². The van der Waals surface area contributed by atoms with Crippen molar-refractivity contribution in [3.05, 3.63) is 96.9 Å². The van der Waals surface area contributed by atoms with Gasteiger partial charge in [-0.3, -0.25) is 4.79 Å². The Morgan fingerprint density at radius 2 is 1.68 bits per heavy atom. The minimum Gasteiger partial charge on any atom is -0.487 e. The quantitative estimate of drug-likeness (QED) is 0.183. The summed E-state index contributed by atoms with van der Waals surface area (Å²) in [5.74, 6) is -0.475. The fourth-order valence-corrected chi connectivity index (χ4v) is 4.43. The zero-order valence-electron chi connectivity index (χ0n) is 17.8. The van der Waals surface area contributed by atoms with Crippen molar-refractivity contribution in [1.29, 1.82) is 5.26 Å². The van der Waals surface area contributed by atoms with Crippen molar-refractivity contribution in [2.75, 3.05) is 12.4 Å². The molecule has 0 spiro atoms. The molecule has 0 aliphatic heterocycles. The number of rotatable bonds is 7.